The zero-order chi connectivity index (χ0) is 14.2. The van der Waals surface area contributed by atoms with Gasteiger partial charge in [-0.1, -0.05) is 0 Å². The largest absolute Gasteiger partial charge is 0.497 e. The maximum atomic E-state index is 10.7. The number of rotatable bonds is 3. The molecule has 0 spiro atoms. The average molecular weight is 259 g/mol. The van der Waals surface area contributed by atoms with Gasteiger partial charge in [0.1, 0.15) is 5.75 Å². The van der Waals surface area contributed by atoms with E-state index in [1.165, 1.54) is 0 Å². The number of aromatic nitrogens is 1. The van der Waals surface area contributed by atoms with E-state index in [9.17, 15) is 4.79 Å². The van der Waals surface area contributed by atoms with E-state index < -0.39 is 5.97 Å². The Balaban J connectivity index is 2.79. The molecule has 0 aliphatic rings. The number of hydrogen-bond donors (Lipinski definition) is 1. The summed E-state index contributed by atoms with van der Waals surface area (Å²) in [6, 6.07) is 3.92. The quantitative estimate of drug-likeness (QED) is 0.862. The highest BCUT2D eigenvalue weighted by Crippen LogP contribution is 2.32. The highest BCUT2D eigenvalue weighted by molar-refractivity contribution is 5.97. The Hall–Kier alpha value is -2.23. The molecule has 4 nitrogen and oxygen atoms in total. The Morgan fingerprint density at radius 1 is 1.37 bits per heavy atom. The lowest BCUT2D eigenvalue weighted by Crippen LogP contribution is -1.93. The Labute approximate surface area is 111 Å². The molecule has 1 aromatic carbocycles. The summed E-state index contributed by atoms with van der Waals surface area (Å²) in [5.74, 6) is -0.170. The first-order valence-corrected chi connectivity index (χ1v) is 6.00. The summed E-state index contributed by atoms with van der Waals surface area (Å²) >= 11 is 0. The lowest BCUT2D eigenvalue weighted by atomic mass is 10.1. The van der Waals surface area contributed by atoms with Crippen molar-refractivity contribution in [3.05, 3.63) is 35.0 Å². The molecule has 2 rings (SSSR count). The number of nitrogens with zero attached hydrogens (tertiary/aromatic N) is 1. The van der Waals surface area contributed by atoms with Gasteiger partial charge in [0.05, 0.1) is 12.6 Å². The molecule has 0 saturated heterocycles. The van der Waals surface area contributed by atoms with Gasteiger partial charge in [-0.3, -0.25) is 0 Å². The number of methoxy groups -OCH3 is 1. The van der Waals surface area contributed by atoms with Gasteiger partial charge in [-0.25, -0.2) is 4.79 Å². The number of benzene rings is 1. The zero-order valence-electron chi connectivity index (χ0n) is 11.5. The van der Waals surface area contributed by atoms with Crippen molar-refractivity contribution in [3.63, 3.8) is 0 Å². The topological polar surface area (TPSA) is 51.5 Å². The van der Waals surface area contributed by atoms with Gasteiger partial charge < -0.3 is 14.4 Å². The smallest absolute Gasteiger partial charge is 0.328 e. The fourth-order valence-corrected chi connectivity index (χ4v) is 2.42. The van der Waals surface area contributed by atoms with Gasteiger partial charge >= 0.3 is 5.97 Å². The molecule has 0 aliphatic heterocycles. The number of aliphatic carboxylic acids is 1. The minimum atomic E-state index is -0.948. The van der Waals surface area contributed by atoms with Gasteiger partial charge in [-0.2, -0.15) is 0 Å². The van der Waals surface area contributed by atoms with Crippen molar-refractivity contribution in [2.45, 2.75) is 13.8 Å². The molecule has 0 amide bonds. The molecule has 1 heterocycles. The molecule has 1 aromatic heterocycles. The van der Waals surface area contributed by atoms with Crippen LogP contribution in [0.2, 0.25) is 0 Å². The van der Waals surface area contributed by atoms with E-state index >= 15 is 0 Å². The third-order valence-corrected chi connectivity index (χ3v) is 3.42. The molecule has 2 aromatic rings. The molecule has 1 N–H and O–H groups in total. The minimum absolute atomic E-state index is 0.778. The summed E-state index contributed by atoms with van der Waals surface area (Å²) in [5, 5.41) is 9.79. The minimum Gasteiger partial charge on any atom is -0.497 e. The molecular formula is C15H17NO3. The van der Waals surface area contributed by atoms with E-state index in [1.807, 2.05) is 33.0 Å². The predicted octanol–water partition coefficient (Wildman–Crippen LogP) is 2.90. The number of carboxylic acids is 1. The summed E-state index contributed by atoms with van der Waals surface area (Å²) in [7, 11) is 3.61. The molecule has 0 saturated carbocycles. The first kappa shape index (κ1) is 13.2. The molecule has 100 valence electrons. The third kappa shape index (κ3) is 2.21. The Morgan fingerprint density at radius 2 is 2.05 bits per heavy atom. The maximum Gasteiger partial charge on any atom is 0.328 e. The molecule has 19 heavy (non-hydrogen) atoms. The van der Waals surface area contributed by atoms with E-state index in [0.29, 0.717) is 0 Å². The van der Waals surface area contributed by atoms with Crippen LogP contribution in [-0.4, -0.2) is 22.8 Å². The van der Waals surface area contributed by atoms with E-state index in [0.717, 1.165) is 39.5 Å². The third-order valence-electron chi connectivity index (χ3n) is 3.42. The van der Waals surface area contributed by atoms with Crippen LogP contribution in [0.15, 0.2) is 18.2 Å². The number of fused-ring (bicyclic) bond motifs is 1. The first-order chi connectivity index (χ1) is 8.95. The van der Waals surface area contributed by atoms with Crippen LogP contribution in [0.3, 0.4) is 0 Å². The fourth-order valence-electron chi connectivity index (χ4n) is 2.42. The second kappa shape index (κ2) is 4.80. The number of ether oxygens (including phenoxy) is 1. The van der Waals surface area contributed by atoms with Gasteiger partial charge in [0.2, 0.25) is 0 Å². The Kier molecular flexibility index (Phi) is 3.34. The van der Waals surface area contributed by atoms with Crippen molar-refractivity contribution in [1.82, 2.24) is 4.57 Å². The van der Waals surface area contributed by atoms with Crippen molar-refractivity contribution in [1.29, 1.82) is 0 Å². The maximum absolute atomic E-state index is 10.7. The van der Waals surface area contributed by atoms with Crippen LogP contribution in [0.25, 0.3) is 17.0 Å². The predicted molar refractivity (Wildman–Crippen MR) is 75.6 cm³/mol. The van der Waals surface area contributed by atoms with Crippen molar-refractivity contribution in [3.8, 4) is 5.75 Å². The number of hydrogen-bond acceptors (Lipinski definition) is 2. The standard InChI is InChI=1S/C15H17NO3/c1-9-7-11(19-4)8-13-12(5-6-14(17)18)10(2)16(3)15(9)13/h5-8H,1-4H3,(H,17,18)/b6-5+. The highest BCUT2D eigenvalue weighted by atomic mass is 16.5. The lowest BCUT2D eigenvalue weighted by Gasteiger charge is -2.05. The molecule has 0 aliphatic carbocycles. The number of carboxylic acid groups (broad SMARTS) is 1. The molecule has 0 atom stereocenters. The number of carbonyl (C=O) groups is 1. The van der Waals surface area contributed by atoms with Crippen LogP contribution in [0.4, 0.5) is 0 Å². The van der Waals surface area contributed by atoms with Crippen molar-refractivity contribution in [2.24, 2.45) is 7.05 Å². The summed E-state index contributed by atoms with van der Waals surface area (Å²) in [6.07, 6.45) is 2.80. The second-order valence-electron chi connectivity index (χ2n) is 4.57. The molecule has 4 heteroatoms. The van der Waals surface area contributed by atoms with Crippen LogP contribution >= 0.6 is 0 Å². The van der Waals surface area contributed by atoms with Crippen LogP contribution in [0.5, 0.6) is 5.75 Å². The van der Waals surface area contributed by atoms with E-state index in [4.69, 9.17) is 9.84 Å². The van der Waals surface area contributed by atoms with Gasteiger partial charge in [0.25, 0.3) is 0 Å². The van der Waals surface area contributed by atoms with Crippen LogP contribution in [0, 0.1) is 13.8 Å². The van der Waals surface area contributed by atoms with Crippen LogP contribution < -0.4 is 4.74 Å². The molecular weight excluding hydrogens is 242 g/mol. The Morgan fingerprint density at radius 3 is 2.63 bits per heavy atom. The summed E-state index contributed by atoms with van der Waals surface area (Å²) in [6.45, 7) is 4.00. The van der Waals surface area contributed by atoms with Gasteiger partial charge in [0.15, 0.2) is 0 Å². The zero-order valence-corrected chi connectivity index (χ0v) is 11.5. The molecule has 0 fully saturated rings. The second-order valence-corrected chi connectivity index (χ2v) is 4.57. The summed E-state index contributed by atoms with van der Waals surface area (Å²) < 4.78 is 7.36. The fraction of sp³-hybridized carbons (Fsp3) is 0.267. The number of aryl methyl sites for hydroxylation is 2. The average Bonchev–Trinajstić information content (AvgIpc) is 2.60. The molecule has 0 unspecified atom stereocenters. The normalized spacial score (nSPS) is 11.4. The highest BCUT2D eigenvalue weighted by Gasteiger charge is 2.13. The summed E-state index contributed by atoms with van der Waals surface area (Å²) in [4.78, 5) is 10.7. The van der Waals surface area contributed by atoms with Crippen molar-refractivity contribution in [2.75, 3.05) is 7.11 Å². The first-order valence-electron chi connectivity index (χ1n) is 6.00. The van der Waals surface area contributed by atoms with Gasteiger partial charge in [0, 0.05) is 29.8 Å². The monoisotopic (exact) mass is 259 g/mol. The van der Waals surface area contributed by atoms with E-state index in [1.54, 1.807) is 13.2 Å². The Bertz CT molecular complexity index is 680. The van der Waals surface area contributed by atoms with Crippen LogP contribution in [-0.2, 0) is 11.8 Å². The van der Waals surface area contributed by atoms with E-state index in [-0.39, 0.29) is 0 Å². The molecule has 0 radical (unpaired) electrons. The lowest BCUT2D eigenvalue weighted by molar-refractivity contribution is -0.131. The molecule has 0 bridgehead atoms. The van der Waals surface area contributed by atoms with Crippen molar-refractivity contribution >= 4 is 22.9 Å². The van der Waals surface area contributed by atoms with E-state index in [2.05, 4.69) is 4.57 Å². The van der Waals surface area contributed by atoms with Crippen LogP contribution in [0.1, 0.15) is 16.8 Å². The van der Waals surface area contributed by atoms with Crippen molar-refractivity contribution < 1.29 is 14.6 Å². The summed E-state index contributed by atoms with van der Waals surface area (Å²) in [5.41, 5.74) is 4.16. The SMILES string of the molecule is COc1cc(C)c2c(c1)c(/C=C/C(=O)O)c(C)n2C. The van der Waals surface area contributed by atoms with Gasteiger partial charge in [-0.15, -0.1) is 0 Å². The van der Waals surface area contributed by atoms with Gasteiger partial charge in [-0.05, 0) is 37.6 Å².